The highest BCUT2D eigenvalue weighted by Gasteiger charge is 2.24. The lowest BCUT2D eigenvalue weighted by atomic mass is 9.97. The molecule has 0 saturated heterocycles. The molecule has 4 N–H and O–H groups in total. The Bertz CT molecular complexity index is 488. The van der Waals surface area contributed by atoms with Gasteiger partial charge in [0.1, 0.15) is 5.01 Å². The summed E-state index contributed by atoms with van der Waals surface area (Å²) in [5, 5.41) is 39.1. The van der Waals surface area contributed by atoms with Gasteiger partial charge in [0.25, 0.3) is 0 Å². The van der Waals surface area contributed by atoms with Crippen molar-refractivity contribution in [2.45, 2.75) is 19.0 Å². The quantitative estimate of drug-likeness (QED) is 0.602. The molecule has 0 bridgehead atoms. The standard InChI is InChI=1S/C13H15NO4S/c15-12(16)10(13(17)18)7-8-1-3-9(4-2-8)11-14-5-6-19-11/h1-6,10,12-13,15-18H,7H2. The van der Waals surface area contributed by atoms with Gasteiger partial charge in [-0.1, -0.05) is 24.3 Å². The van der Waals surface area contributed by atoms with Gasteiger partial charge in [0, 0.05) is 17.1 Å². The Hall–Kier alpha value is -1.31. The Labute approximate surface area is 114 Å². The van der Waals surface area contributed by atoms with Crippen molar-refractivity contribution < 1.29 is 20.4 Å². The first kappa shape index (κ1) is 14.1. The van der Waals surface area contributed by atoms with Gasteiger partial charge in [-0.25, -0.2) is 4.98 Å². The van der Waals surface area contributed by atoms with Gasteiger partial charge in [0.2, 0.25) is 0 Å². The number of aromatic nitrogens is 1. The highest BCUT2D eigenvalue weighted by molar-refractivity contribution is 7.13. The van der Waals surface area contributed by atoms with Gasteiger partial charge in [-0.05, 0) is 12.0 Å². The highest BCUT2D eigenvalue weighted by atomic mass is 32.1. The van der Waals surface area contributed by atoms with Crippen LogP contribution < -0.4 is 0 Å². The molecule has 0 unspecified atom stereocenters. The SMILES string of the molecule is OC(O)C(Cc1ccc(-c2nccs2)cc1)C(O)O. The second-order valence-corrected chi connectivity index (χ2v) is 5.12. The van der Waals surface area contributed by atoms with Crippen LogP contribution in [0.4, 0.5) is 0 Å². The molecule has 0 atom stereocenters. The lowest BCUT2D eigenvalue weighted by Gasteiger charge is -2.20. The molecule has 102 valence electrons. The molecule has 19 heavy (non-hydrogen) atoms. The minimum absolute atomic E-state index is 0.174. The molecule has 2 aromatic rings. The van der Waals surface area contributed by atoms with Crippen LogP contribution in [0.3, 0.4) is 0 Å². The van der Waals surface area contributed by atoms with Crippen molar-refractivity contribution in [3.63, 3.8) is 0 Å². The van der Waals surface area contributed by atoms with Crippen molar-refractivity contribution in [3.05, 3.63) is 41.4 Å². The summed E-state index contributed by atoms with van der Waals surface area (Å²) in [6.45, 7) is 0. The third-order valence-corrected chi connectivity index (χ3v) is 3.69. The molecular weight excluding hydrogens is 266 g/mol. The molecule has 0 aliphatic heterocycles. The van der Waals surface area contributed by atoms with Gasteiger partial charge < -0.3 is 20.4 Å². The van der Waals surface area contributed by atoms with E-state index < -0.39 is 18.5 Å². The van der Waals surface area contributed by atoms with Gasteiger partial charge in [-0.15, -0.1) is 11.3 Å². The van der Waals surface area contributed by atoms with Crippen molar-refractivity contribution in [3.8, 4) is 10.6 Å². The summed E-state index contributed by atoms with van der Waals surface area (Å²) in [5.74, 6) is -1.02. The lowest BCUT2D eigenvalue weighted by molar-refractivity contribution is -0.177. The molecule has 0 radical (unpaired) electrons. The fourth-order valence-electron chi connectivity index (χ4n) is 1.79. The zero-order valence-corrected chi connectivity index (χ0v) is 10.9. The second-order valence-electron chi connectivity index (χ2n) is 4.23. The van der Waals surface area contributed by atoms with Crippen LogP contribution >= 0.6 is 11.3 Å². The number of hydrogen-bond donors (Lipinski definition) is 4. The molecular formula is C13H15NO4S. The monoisotopic (exact) mass is 281 g/mol. The van der Waals surface area contributed by atoms with Crippen LogP contribution in [-0.2, 0) is 6.42 Å². The van der Waals surface area contributed by atoms with Crippen LogP contribution in [0.5, 0.6) is 0 Å². The topological polar surface area (TPSA) is 93.8 Å². The van der Waals surface area contributed by atoms with Crippen LogP contribution in [0.2, 0.25) is 0 Å². The van der Waals surface area contributed by atoms with Gasteiger partial charge in [0.05, 0.1) is 5.92 Å². The average molecular weight is 281 g/mol. The van der Waals surface area contributed by atoms with Gasteiger partial charge in [-0.2, -0.15) is 0 Å². The molecule has 0 aliphatic carbocycles. The van der Waals surface area contributed by atoms with Crippen molar-refractivity contribution in [1.82, 2.24) is 4.98 Å². The fourth-order valence-corrected chi connectivity index (χ4v) is 2.43. The van der Waals surface area contributed by atoms with Gasteiger partial charge in [0.15, 0.2) is 12.6 Å². The van der Waals surface area contributed by atoms with E-state index in [2.05, 4.69) is 4.98 Å². The smallest absolute Gasteiger partial charge is 0.159 e. The molecule has 0 amide bonds. The maximum absolute atomic E-state index is 9.08. The Kier molecular flexibility index (Phi) is 4.62. The average Bonchev–Trinajstić information content (AvgIpc) is 2.89. The van der Waals surface area contributed by atoms with Crippen molar-refractivity contribution in [1.29, 1.82) is 0 Å². The third kappa shape index (κ3) is 3.59. The second kappa shape index (κ2) is 6.23. The Morgan fingerprint density at radius 2 is 1.63 bits per heavy atom. The molecule has 0 aliphatic rings. The molecule has 0 spiro atoms. The predicted octanol–water partition coefficient (Wildman–Crippen LogP) is 0.590. The van der Waals surface area contributed by atoms with E-state index >= 15 is 0 Å². The molecule has 1 aromatic carbocycles. The first-order chi connectivity index (χ1) is 9.08. The van der Waals surface area contributed by atoms with Crippen LogP contribution in [0, 0.1) is 5.92 Å². The lowest BCUT2D eigenvalue weighted by Crippen LogP contribution is -2.33. The normalized spacial score (nSPS) is 11.7. The Balaban J connectivity index is 2.10. The van der Waals surface area contributed by atoms with E-state index in [1.54, 1.807) is 6.20 Å². The van der Waals surface area contributed by atoms with E-state index in [0.717, 1.165) is 16.1 Å². The van der Waals surface area contributed by atoms with Gasteiger partial charge >= 0.3 is 0 Å². The van der Waals surface area contributed by atoms with E-state index in [9.17, 15) is 0 Å². The maximum atomic E-state index is 9.08. The zero-order chi connectivity index (χ0) is 13.8. The highest BCUT2D eigenvalue weighted by Crippen LogP contribution is 2.23. The molecule has 1 aromatic heterocycles. The predicted molar refractivity (Wildman–Crippen MR) is 71.2 cm³/mol. The molecule has 1 heterocycles. The number of nitrogens with zero attached hydrogens (tertiary/aromatic N) is 1. The Morgan fingerprint density at radius 3 is 2.11 bits per heavy atom. The molecule has 2 rings (SSSR count). The summed E-state index contributed by atoms with van der Waals surface area (Å²) in [6, 6.07) is 7.38. The van der Waals surface area contributed by atoms with Gasteiger partial charge in [-0.3, -0.25) is 0 Å². The Morgan fingerprint density at radius 1 is 1.00 bits per heavy atom. The zero-order valence-electron chi connectivity index (χ0n) is 10.0. The van der Waals surface area contributed by atoms with Crippen molar-refractivity contribution in [2.75, 3.05) is 0 Å². The number of aliphatic hydroxyl groups excluding tert-OH is 2. The van der Waals surface area contributed by atoms with E-state index in [1.807, 2.05) is 29.6 Å². The van der Waals surface area contributed by atoms with Crippen LogP contribution in [-0.4, -0.2) is 38.0 Å². The third-order valence-electron chi connectivity index (χ3n) is 2.87. The molecule has 0 fully saturated rings. The summed E-state index contributed by atoms with van der Waals surface area (Å²) < 4.78 is 0. The number of rotatable bonds is 5. The van der Waals surface area contributed by atoms with E-state index in [-0.39, 0.29) is 6.42 Å². The number of thiazole rings is 1. The van der Waals surface area contributed by atoms with Crippen LogP contribution in [0.1, 0.15) is 5.56 Å². The summed E-state index contributed by atoms with van der Waals surface area (Å²) in [5.41, 5.74) is 1.77. The fraction of sp³-hybridized carbons (Fsp3) is 0.308. The molecule has 6 heteroatoms. The number of hydrogen-bond acceptors (Lipinski definition) is 6. The summed E-state index contributed by atoms with van der Waals surface area (Å²) in [7, 11) is 0. The van der Waals surface area contributed by atoms with Crippen LogP contribution in [0.25, 0.3) is 10.6 Å². The van der Waals surface area contributed by atoms with E-state index in [4.69, 9.17) is 20.4 Å². The molecule has 5 nitrogen and oxygen atoms in total. The van der Waals surface area contributed by atoms with Crippen molar-refractivity contribution in [2.24, 2.45) is 5.92 Å². The minimum atomic E-state index is -1.77. The first-order valence-electron chi connectivity index (χ1n) is 5.79. The summed E-state index contributed by atoms with van der Waals surface area (Å²) in [4.78, 5) is 4.19. The minimum Gasteiger partial charge on any atom is -0.368 e. The summed E-state index contributed by atoms with van der Waals surface area (Å²) in [6.07, 6.45) is -1.63. The van der Waals surface area contributed by atoms with E-state index in [1.165, 1.54) is 11.3 Å². The maximum Gasteiger partial charge on any atom is 0.159 e. The largest absolute Gasteiger partial charge is 0.368 e. The molecule has 0 saturated carbocycles. The van der Waals surface area contributed by atoms with Crippen LogP contribution in [0.15, 0.2) is 35.8 Å². The number of aliphatic hydroxyl groups is 4. The first-order valence-corrected chi connectivity index (χ1v) is 6.67. The van der Waals surface area contributed by atoms with E-state index in [0.29, 0.717) is 0 Å². The summed E-state index contributed by atoms with van der Waals surface area (Å²) >= 11 is 1.53. The number of benzene rings is 1. The van der Waals surface area contributed by atoms with Crippen molar-refractivity contribution >= 4 is 11.3 Å².